The Morgan fingerprint density at radius 3 is 2.57 bits per heavy atom. The minimum absolute atomic E-state index is 0.00938. The van der Waals surface area contributed by atoms with E-state index >= 15 is 0 Å². The van der Waals surface area contributed by atoms with Crippen LogP contribution in [0, 0.1) is 10.1 Å². The molecule has 4 rings (SSSR count). The number of para-hydroxylation sites is 1. The van der Waals surface area contributed by atoms with Crippen LogP contribution < -0.4 is 5.32 Å². The smallest absolute Gasteiger partial charge is 0.339 e. The van der Waals surface area contributed by atoms with Gasteiger partial charge in [0.25, 0.3) is 11.6 Å². The number of nitro benzene ring substituents is 1. The van der Waals surface area contributed by atoms with Gasteiger partial charge in [-0.05, 0) is 37.3 Å². The van der Waals surface area contributed by atoms with E-state index in [-0.39, 0.29) is 22.0 Å². The zero-order valence-corrected chi connectivity index (χ0v) is 20.5. The van der Waals surface area contributed by atoms with Gasteiger partial charge in [0.05, 0.1) is 32.4 Å². The summed E-state index contributed by atoms with van der Waals surface area (Å²) in [6.45, 7) is 1.42. The molecule has 4 aromatic rings. The van der Waals surface area contributed by atoms with Crippen LogP contribution >= 0.6 is 27.5 Å². The molecule has 1 N–H and O–H groups in total. The molecule has 1 aromatic heterocycles. The van der Waals surface area contributed by atoms with Gasteiger partial charge in [-0.2, -0.15) is 0 Å². The Hall–Kier alpha value is -3.82. The number of halogens is 2. The van der Waals surface area contributed by atoms with Gasteiger partial charge in [-0.25, -0.2) is 9.78 Å². The Morgan fingerprint density at radius 1 is 1.09 bits per heavy atom. The third-order valence-electron chi connectivity index (χ3n) is 5.13. The highest BCUT2D eigenvalue weighted by molar-refractivity contribution is 9.10. The highest BCUT2D eigenvalue weighted by atomic mass is 79.9. The number of non-ortho nitro benzene ring substituents is 1. The van der Waals surface area contributed by atoms with E-state index in [1.54, 1.807) is 24.3 Å². The van der Waals surface area contributed by atoms with Crippen molar-refractivity contribution in [3.05, 3.63) is 98.0 Å². The number of esters is 1. The van der Waals surface area contributed by atoms with Crippen LogP contribution in [-0.4, -0.2) is 27.9 Å². The Kier molecular flexibility index (Phi) is 7.09. The number of amides is 1. The van der Waals surface area contributed by atoms with Gasteiger partial charge in [0.1, 0.15) is 0 Å². The SMILES string of the molecule is C[C@H](OC(=O)c1cc(-c2cccc(Br)c2)nc2ccccc12)C(=O)Nc1ccc([N+](=O)[O-])cc1Cl. The summed E-state index contributed by atoms with van der Waals surface area (Å²) in [5.74, 6) is -1.34. The van der Waals surface area contributed by atoms with E-state index in [4.69, 9.17) is 16.3 Å². The highest BCUT2D eigenvalue weighted by Gasteiger charge is 2.23. The van der Waals surface area contributed by atoms with Crippen molar-refractivity contribution >= 4 is 61.7 Å². The first-order valence-corrected chi connectivity index (χ1v) is 11.5. The fraction of sp³-hybridized carbons (Fsp3) is 0.0800. The Labute approximate surface area is 213 Å². The number of rotatable bonds is 6. The first-order chi connectivity index (χ1) is 16.7. The van der Waals surface area contributed by atoms with Crippen molar-refractivity contribution in [1.82, 2.24) is 4.98 Å². The second-order valence-electron chi connectivity index (χ2n) is 7.54. The van der Waals surface area contributed by atoms with Gasteiger partial charge < -0.3 is 10.1 Å². The average Bonchev–Trinajstić information content (AvgIpc) is 2.84. The average molecular weight is 555 g/mol. The normalized spacial score (nSPS) is 11.6. The first kappa shape index (κ1) is 24.3. The van der Waals surface area contributed by atoms with E-state index < -0.39 is 22.9 Å². The Bertz CT molecular complexity index is 1480. The molecule has 176 valence electrons. The lowest BCUT2D eigenvalue weighted by molar-refractivity contribution is -0.384. The molecule has 8 nitrogen and oxygen atoms in total. The number of ether oxygens (including phenoxy) is 1. The van der Waals surface area contributed by atoms with Crippen LogP contribution in [0.15, 0.2) is 77.3 Å². The number of carbonyl (C=O) groups is 2. The Morgan fingerprint density at radius 2 is 1.86 bits per heavy atom. The third-order valence-corrected chi connectivity index (χ3v) is 5.94. The van der Waals surface area contributed by atoms with Gasteiger partial charge in [0, 0.05) is 27.6 Å². The molecule has 0 aliphatic rings. The highest BCUT2D eigenvalue weighted by Crippen LogP contribution is 2.29. The van der Waals surface area contributed by atoms with E-state index in [1.165, 1.54) is 19.1 Å². The van der Waals surface area contributed by atoms with Gasteiger partial charge in [0.15, 0.2) is 6.10 Å². The maximum Gasteiger partial charge on any atom is 0.339 e. The summed E-state index contributed by atoms with van der Waals surface area (Å²) < 4.78 is 6.32. The largest absolute Gasteiger partial charge is 0.449 e. The molecule has 0 fully saturated rings. The summed E-state index contributed by atoms with van der Waals surface area (Å²) in [6.07, 6.45) is -1.17. The molecule has 1 heterocycles. The fourth-order valence-corrected chi connectivity index (χ4v) is 3.99. The lowest BCUT2D eigenvalue weighted by Gasteiger charge is -2.15. The monoisotopic (exact) mass is 553 g/mol. The van der Waals surface area contributed by atoms with Crippen molar-refractivity contribution in [2.75, 3.05) is 5.32 Å². The van der Waals surface area contributed by atoms with Gasteiger partial charge in [0.2, 0.25) is 0 Å². The second-order valence-corrected chi connectivity index (χ2v) is 8.86. The number of fused-ring (bicyclic) bond motifs is 1. The molecule has 0 unspecified atom stereocenters. The van der Waals surface area contributed by atoms with Gasteiger partial charge in [-0.1, -0.05) is 57.9 Å². The summed E-state index contributed by atoms with van der Waals surface area (Å²) in [5, 5.41) is 14.0. The van der Waals surface area contributed by atoms with Crippen LogP contribution in [0.4, 0.5) is 11.4 Å². The number of hydrogen-bond acceptors (Lipinski definition) is 6. The standard InChI is InChI=1S/C25H17BrClN3O5/c1-14(24(31)29-22-10-9-17(30(33)34)12-20(22)27)35-25(32)19-13-23(15-5-4-6-16(26)11-15)28-21-8-3-2-7-18(19)21/h2-14H,1H3,(H,29,31)/t14-/m0/s1. The molecule has 1 atom stereocenters. The number of nitro groups is 1. The van der Waals surface area contributed by atoms with Crippen molar-refractivity contribution in [3.8, 4) is 11.3 Å². The second kappa shape index (κ2) is 10.2. The molecule has 0 spiro atoms. The molecular weight excluding hydrogens is 538 g/mol. The van der Waals surface area contributed by atoms with Crippen LogP contribution in [0.3, 0.4) is 0 Å². The molecular formula is C25H17BrClN3O5. The number of carbonyl (C=O) groups excluding carboxylic acids is 2. The number of nitrogens with zero attached hydrogens (tertiary/aromatic N) is 2. The van der Waals surface area contributed by atoms with Crippen LogP contribution in [0.5, 0.6) is 0 Å². The van der Waals surface area contributed by atoms with E-state index in [9.17, 15) is 19.7 Å². The van der Waals surface area contributed by atoms with E-state index in [0.29, 0.717) is 16.6 Å². The number of benzene rings is 3. The quantitative estimate of drug-likeness (QED) is 0.167. The molecule has 10 heteroatoms. The van der Waals surface area contributed by atoms with Crippen LogP contribution in [0.1, 0.15) is 17.3 Å². The van der Waals surface area contributed by atoms with E-state index in [0.717, 1.165) is 16.1 Å². The topological polar surface area (TPSA) is 111 Å². The molecule has 1 amide bonds. The molecule has 0 aliphatic heterocycles. The molecule has 0 bridgehead atoms. The summed E-state index contributed by atoms with van der Waals surface area (Å²) in [5.41, 5.74) is 2.20. The lowest BCUT2D eigenvalue weighted by atomic mass is 10.0. The molecule has 3 aromatic carbocycles. The summed E-state index contributed by atoms with van der Waals surface area (Å²) in [4.78, 5) is 40.7. The summed E-state index contributed by atoms with van der Waals surface area (Å²) >= 11 is 9.48. The van der Waals surface area contributed by atoms with Crippen molar-refractivity contribution in [3.63, 3.8) is 0 Å². The maximum absolute atomic E-state index is 13.1. The molecule has 0 radical (unpaired) electrons. The lowest BCUT2D eigenvalue weighted by Crippen LogP contribution is -2.30. The number of nitrogens with one attached hydrogen (secondary N) is 1. The summed E-state index contributed by atoms with van der Waals surface area (Å²) in [7, 11) is 0. The van der Waals surface area contributed by atoms with Gasteiger partial charge >= 0.3 is 5.97 Å². The zero-order chi connectivity index (χ0) is 25.1. The molecule has 0 saturated heterocycles. The number of pyridine rings is 1. The van der Waals surface area contributed by atoms with Crippen molar-refractivity contribution in [1.29, 1.82) is 0 Å². The molecule has 35 heavy (non-hydrogen) atoms. The van der Waals surface area contributed by atoms with Gasteiger partial charge in [-0.3, -0.25) is 14.9 Å². The van der Waals surface area contributed by atoms with Crippen molar-refractivity contribution in [2.24, 2.45) is 0 Å². The zero-order valence-electron chi connectivity index (χ0n) is 18.2. The minimum atomic E-state index is -1.17. The van der Waals surface area contributed by atoms with Crippen molar-refractivity contribution < 1.29 is 19.2 Å². The van der Waals surface area contributed by atoms with Crippen molar-refractivity contribution in [2.45, 2.75) is 13.0 Å². The van der Waals surface area contributed by atoms with E-state index in [1.807, 2.05) is 30.3 Å². The molecule has 0 aliphatic carbocycles. The predicted octanol–water partition coefficient (Wildman–Crippen LogP) is 6.41. The van der Waals surface area contributed by atoms with Crippen LogP contribution in [0.25, 0.3) is 22.2 Å². The summed E-state index contributed by atoms with van der Waals surface area (Å²) in [6, 6.07) is 19.9. The Balaban J connectivity index is 1.58. The van der Waals surface area contributed by atoms with Crippen LogP contribution in [-0.2, 0) is 9.53 Å². The van der Waals surface area contributed by atoms with Gasteiger partial charge in [-0.15, -0.1) is 0 Å². The first-order valence-electron chi connectivity index (χ1n) is 10.3. The van der Waals surface area contributed by atoms with E-state index in [2.05, 4.69) is 26.2 Å². The minimum Gasteiger partial charge on any atom is -0.449 e. The number of anilines is 1. The van der Waals surface area contributed by atoms with Crippen LogP contribution in [0.2, 0.25) is 5.02 Å². The number of hydrogen-bond donors (Lipinski definition) is 1. The molecule has 0 saturated carbocycles. The third kappa shape index (κ3) is 5.47. The fourth-order valence-electron chi connectivity index (χ4n) is 3.37. The number of aromatic nitrogens is 1. The maximum atomic E-state index is 13.1. The predicted molar refractivity (Wildman–Crippen MR) is 136 cm³/mol.